The highest BCUT2D eigenvalue weighted by molar-refractivity contribution is 6.42. The summed E-state index contributed by atoms with van der Waals surface area (Å²) in [5.74, 6) is -1.73. The van der Waals surface area contributed by atoms with E-state index >= 15 is 0 Å². The highest BCUT2D eigenvalue weighted by Crippen LogP contribution is 2.36. The van der Waals surface area contributed by atoms with E-state index in [9.17, 15) is 22.8 Å². The number of amides is 2. The van der Waals surface area contributed by atoms with E-state index in [1.54, 1.807) is 30.3 Å². The molecule has 0 unspecified atom stereocenters. The maximum atomic E-state index is 12.9. The summed E-state index contributed by atoms with van der Waals surface area (Å²) in [7, 11) is 0. The van der Waals surface area contributed by atoms with Crippen molar-refractivity contribution in [3.8, 4) is 11.3 Å². The van der Waals surface area contributed by atoms with Crippen LogP contribution in [0.15, 0.2) is 58.0 Å². The fraction of sp³-hybridized carbons (Fsp3) is 0.0500. The van der Waals surface area contributed by atoms with Crippen LogP contribution in [0.5, 0.6) is 0 Å². The average molecular weight is 505 g/mol. The lowest BCUT2D eigenvalue weighted by Crippen LogP contribution is -2.32. The van der Waals surface area contributed by atoms with E-state index in [-0.39, 0.29) is 11.4 Å². The number of hydrogen-bond acceptors (Lipinski definition) is 4. The Morgan fingerprint density at radius 2 is 1.62 bits per heavy atom. The van der Waals surface area contributed by atoms with E-state index < -0.39 is 28.6 Å². The van der Waals surface area contributed by atoms with Gasteiger partial charge in [0.15, 0.2) is 0 Å². The second-order valence-corrected chi connectivity index (χ2v) is 7.40. The highest BCUT2D eigenvalue weighted by atomic mass is 35.5. The molecular formula is C20H11Cl3F3N3O3. The van der Waals surface area contributed by atoms with Crippen molar-refractivity contribution in [3.63, 3.8) is 0 Å². The Bertz CT molecular complexity index is 1210. The minimum atomic E-state index is -4.72. The number of anilines is 1. The van der Waals surface area contributed by atoms with Gasteiger partial charge in [0.2, 0.25) is 0 Å². The van der Waals surface area contributed by atoms with Gasteiger partial charge >= 0.3 is 18.0 Å². The molecule has 0 saturated carbocycles. The number of hydrogen-bond donors (Lipinski definition) is 2. The second-order valence-electron chi connectivity index (χ2n) is 6.18. The molecular weight excluding hydrogens is 494 g/mol. The molecule has 2 aromatic carbocycles. The molecule has 166 valence electrons. The van der Waals surface area contributed by atoms with Crippen LogP contribution in [0.3, 0.4) is 0 Å². The van der Waals surface area contributed by atoms with E-state index in [0.717, 1.165) is 18.3 Å². The Morgan fingerprint density at radius 3 is 2.31 bits per heavy atom. The summed E-state index contributed by atoms with van der Waals surface area (Å²) < 4.78 is 44.2. The van der Waals surface area contributed by atoms with Gasteiger partial charge < -0.3 is 9.73 Å². The lowest BCUT2D eigenvalue weighted by Gasteiger charge is -2.11. The van der Waals surface area contributed by atoms with Crippen LogP contribution in [0.4, 0.5) is 18.9 Å². The first-order valence-electron chi connectivity index (χ1n) is 8.61. The quantitative estimate of drug-likeness (QED) is 0.259. The first-order valence-corrected chi connectivity index (χ1v) is 9.74. The van der Waals surface area contributed by atoms with Crippen LogP contribution in [0.2, 0.25) is 15.1 Å². The van der Waals surface area contributed by atoms with E-state index in [0.29, 0.717) is 27.4 Å². The first-order chi connectivity index (χ1) is 15.0. The van der Waals surface area contributed by atoms with Gasteiger partial charge in [-0.15, -0.1) is 0 Å². The number of nitrogens with one attached hydrogen (secondary N) is 2. The van der Waals surface area contributed by atoms with E-state index in [1.807, 2.05) is 10.7 Å². The zero-order valence-corrected chi connectivity index (χ0v) is 17.9. The molecule has 32 heavy (non-hydrogen) atoms. The van der Waals surface area contributed by atoms with E-state index in [2.05, 4.69) is 5.10 Å². The van der Waals surface area contributed by atoms with Gasteiger partial charge in [0.25, 0.3) is 0 Å². The summed E-state index contributed by atoms with van der Waals surface area (Å²) in [5, 5.41) is 5.81. The molecule has 2 amide bonds. The van der Waals surface area contributed by atoms with Crippen LogP contribution in [-0.4, -0.2) is 18.0 Å². The van der Waals surface area contributed by atoms with Crippen LogP contribution in [0.25, 0.3) is 11.3 Å². The van der Waals surface area contributed by atoms with E-state index in [4.69, 9.17) is 39.2 Å². The third kappa shape index (κ3) is 5.82. The van der Waals surface area contributed by atoms with Gasteiger partial charge in [-0.05, 0) is 48.5 Å². The van der Waals surface area contributed by atoms with Crippen LogP contribution < -0.4 is 10.7 Å². The van der Waals surface area contributed by atoms with Crippen molar-refractivity contribution in [1.29, 1.82) is 0 Å². The Labute approximate surface area is 193 Å². The molecule has 0 fully saturated rings. The number of benzene rings is 2. The van der Waals surface area contributed by atoms with Gasteiger partial charge in [-0.3, -0.25) is 9.59 Å². The number of carbonyl (C=O) groups is 2. The maximum Gasteiger partial charge on any atom is 0.417 e. The van der Waals surface area contributed by atoms with Crippen molar-refractivity contribution in [2.75, 3.05) is 5.32 Å². The fourth-order valence-corrected chi connectivity index (χ4v) is 2.96. The topological polar surface area (TPSA) is 83.7 Å². The lowest BCUT2D eigenvalue weighted by atomic mass is 10.2. The van der Waals surface area contributed by atoms with Crippen molar-refractivity contribution in [2.24, 2.45) is 5.10 Å². The number of halogens is 6. The largest absolute Gasteiger partial charge is 0.455 e. The summed E-state index contributed by atoms with van der Waals surface area (Å²) >= 11 is 17.3. The fourth-order valence-electron chi connectivity index (χ4n) is 2.44. The third-order valence-electron chi connectivity index (χ3n) is 3.92. The standard InChI is InChI=1S/C20H11Cl3F3N3O3/c21-14-5-2-11(8-13(14)20(24,25)26)28-18(30)19(31)29-27-9-12-3-6-17(32-12)10-1-4-15(22)16(23)7-10/h1-9H,(H,28,30)(H,29,31)/b27-9+. The van der Waals surface area contributed by atoms with Crippen molar-refractivity contribution >= 4 is 58.5 Å². The van der Waals surface area contributed by atoms with Crippen molar-refractivity contribution in [1.82, 2.24) is 5.43 Å². The monoisotopic (exact) mass is 503 g/mol. The van der Waals surface area contributed by atoms with Gasteiger partial charge in [0, 0.05) is 11.3 Å². The van der Waals surface area contributed by atoms with Crippen LogP contribution in [-0.2, 0) is 15.8 Å². The third-order valence-corrected chi connectivity index (χ3v) is 4.99. The molecule has 0 aliphatic carbocycles. The summed E-state index contributed by atoms with van der Waals surface area (Å²) in [6.07, 6.45) is -3.58. The first kappa shape index (κ1) is 23.6. The summed E-state index contributed by atoms with van der Waals surface area (Å²) in [6, 6.07) is 10.8. The Hall–Kier alpha value is -3.01. The molecule has 3 rings (SSSR count). The van der Waals surface area contributed by atoms with Crippen LogP contribution in [0, 0.1) is 0 Å². The molecule has 0 radical (unpaired) electrons. The molecule has 0 aliphatic heterocycles. The molecule has 3 aromatic rings. The molecule has 0 bridgehead atoms. The molecule has 12 heteroatoms. The lowest BCUT2D eigenvalue weighted by molar-refractivity contribution is -0.137. The normalized spacial score (nSPS) is 11.6. The van der Waals surface area contributed by atoms with Gasteiger partial charge in [0.05, 0.1) is 26.8 Å². The molecule has 6 nitrogen and oxygen atoms in total. The molecule has 1 aromatic heterocycles. The molecule has 0 atom stereocenters. The summed E-state index contributed by atoms with van der Waals surface area (Å²) in [4.78, 5) is 23.7. The Balaban J connectivity index is 1.60. The number of alkyl halides is 3. The SMILES string of the molecule is O=C(N/N=C/c1ccc(-c2ccc(Cl)c(Cl)c2)o1)C(=O)Nc1ccc(Cl)c(C(F)(F)F)c1. The maximum absolute atomic E-state index is 12.9. The van der Waals surface area contributed by atoms with Crippen LogP contribution >= 0.6 is 34.8 Å². The van der Waals surface area contributed by atoms with E-state index in [1.165, 1.54) is 0 Å². The zero-order chi connectivity index (χ0) is 23.5. The number of furan rings is 1. The van der Waals surface area contributed by atoms with Gasteiger partial charge in [-0.2, -0.15) is 18.3 Å². The van der Waals surface area contributed by atoms with Gasteiger partial charge in [-0.25, -0.2) is 5.43 Å². The number of nitrogens with zero attached hydrogens (tertiary/aromatic N) is 1. The predicted molar refractivity (Wildman–Crippen MR) is 115 cm³/mol. The predicted octanol–water partition coefficient (Wildman–Crippen LogP) is 6.01. The van der Waals surface area contributed by atoms with Crippen molar-refractivity contribution in [3.05, 3.63) is 74.9 Å². The molecule has 1 heterocycles. The van der Waals surface area contributed by atoms with Crippen LogP contribution in [0.1, 0.15) is 11.3 Å². The average Bonchev–Trinajstić information content (AvgIpc) is 3.19. The van der Waals surface area contributed by atoms with Crippen molar-refractivity contribution < 1.29 is 27.2 Å². The number of rotatable bonds is 4. The summed E-state index contributed by atoms with van der Waals surface area (Å²) in [5.41, 5.74) is 1.19. The minimum absolute atomic E-state index is 0.249. The number of hydrazone groups is 1. The highest BCUT2D eigenvalue weighted by Gasteiger charge is 2.33. The smallest absolute Gasteiger partial charge is 0.417 e. The van der Waals surface area contributed by atoms with Crippen molar-refractivity contribution in [2.45, 2.75) is 6.18 Å². The molecule has 2 N–H and O–H groups in total. The Kier molecular flexibility index (Phi) is 7.12. The Morgan fingerprint density at radius 1 is 0.906 bits per heavy atom. The minimum Gasteiger partial charge on any atom is -0.455 e. The second kappa shape index (κ2) is 9.64. The zero-order valence-electron chi connectivity index (χ0n) is 15.6. The number of carbonyl (C=O) groups excluding carboxylic acids is 2. The molecule has 0 saturated heterocycles. The van der Waals surface area contributed by atoms with Gasteiger partial charge in [-0.1, -0.05) is 34.8 Å². The van der Waals surface area contributed by atoms with Gasteiger partial charge in [0.1, 0.15) is 11.5 Å². The molecule has 0 spiro atoms. The molecule has 0 aliphatic rings. The summed E-state index contributed by atoms with van der Waals surface area (Å²) in [6.45, 7) is 0.